The highest BCUT2D eigenvalue weighted by atomic mass is 19.1. The minimum atomic E-state index is -1.13. The fourth-order valence-electron chi connectivity index (χ4n) is 1.51. The summed E-state index contributed by atoms with van der Waals surface area (Å²) in [6.07, 6.45) is 0.744. The number of ether oxygens (including phenoxy) is 3. The molecule has 0 aliphatic carbocycles. The maximum atomic E-state index is 13.7. The van der Waals surface area contributed by atoms with Crippen molar-refractivity contribution in [2.45, 2.75) is 0 Å². The van der Waals surface area contributed by atoms with E-state index in [-0.39, 0.29) is 11.3 Å². The van der Waals surface area contributed by atoms with Gasteiger partial charge in [0.15, 0.2) is 11.6 Å². The second-order valence-corrected chi connectivity index (χ2v) is 4.04. The molecule has 0 aliphatic heterocycles. The van der Waals surface area contributed by atoms with Crippen LogP contribution < -0.4 is 5.32 Å². The molecule has 0 heterocycles. The van der Waals surface area contributed by atoms with E-state index in [1.165, 1.54) is 0 Å². The lowest BCUT2D eigenvalue weighted by Crippen LogP contribution is -2.16. The van der Waals surface area contributed by atoms with Gasteiger partial charge in [-0.25, -0.2) is 18.8 Å². The van der Waals surface area contributed by atoms with Crippen molar-refractivity contribution in [3.8, 4) is 5.75 Å². The molecule has 0 fully saturated rings. The molecule has 0 saturated heterocycles. The third kappa shape index (κ3) is 4.43. The molecule has 0 radical (unpaired) electrons. The Labute approximate surface area is 130 Å². The average molecular weight is 327 g/mol. The molecule has 0 unspecified atom stereocenters. The Morgan fingerprint density at radius 2 is 1.78 bits per heavy atom. The number of carbonyl (C=O) groups excluding carboxylic acids is 3. The Balaban J connectivity index is 3.30. The van der Waals surface area contributed by atoms with E-state index in [1.807, 2.05) is 0 Å². The first-order valence-electron chi connectivity index (χ1n) is 6.09. The zero-order valence-electron chi connectivity index (χ0n) is 12.5. The molecule has 124 valence electrons. The predicted molar refractivity (Wildman–Crippen MR) is 75.1 cm³/mol. The molecule has 23 heavy (non-hydrogen) atoms. The number of anilines is 1. The minimum Gasteiger partial charge on any atom is -0.503 e. The molecule has 0 atom stereocenters. The van der Waals surface area contributed by atoms with Gasteiger partial charge < -0.3 is 24.6 Å². The van der Waals surface area contributed by atoms with Crippen molar-refractivity contribution in [2.75, 3.05) is 26.6 Å². The van der Waals surface area contributed by atoms with Crippen LogP contribution in [0.25, 0.3) is 0 Å². The molecule has 8 nitrogen and oxygen atoms in total. The quantitative estimate of drug-likeness (QED) is 0.356. The zero-order chi connectivity index (χ0) is 17.6. The van der Waals surface area contributed by atoms with Gasteiger partial charge in [-0.05, 0) is 12.1 Å². The van der Waals surface area contributed by atoms with Crippen LogP contribution in [0.15, 0.2) is 23.9 Å². The number of phenols is 1. The number of carbonyl (C=O) groups is 3. The summed E-state index contributed by atoms with van der Waals surface area (Å²) in [4.78, 5) is 34.3. The van der Waals surface area contributed by atoms with E-state index in [1.54, 1.807) is 0 Å². The second-order valence-electron chi connectivity index (χ2n) is 4.04. The van der Waals surface area contributed by atoms with Crippen molar-refractivity contribution >= 4 is 23.6 Å². The van der Waals surface area contributed by atoms with Gasteiger partial charge in [-0.15, -0.1) is 0 Å². The summed E-state index contributed by atoms with van der Waals surface area (Å²) in [5, 5.41) is 12.0. The number of hydrogen-bond acceptors (Lipinski definition) is 8. The van der Waals surface area contributed by atoms with Crippen LogP contribution in [-0.4, -0.2) is 44.3 Å². The molecule has 0 spiro atoms. The maximum Gasteiger partial charge on any atom is 0.354 e. The van der Waals surface area contributed by atoms with Crippen LogP contribution >= 0.6 is 0 Å². The Morgan fingerprint density at radius 1 is 1.13 bits per heavy atom. The number of benzene rings is 1. The molecule has 0 aromatic heterocycles. The smallest absolute Gasteiger partial charge is 0.354 e. The molecule has 2 N–H and O–H groups in total. The van der Waals surface area contributed by atoms with E-state index >= 15 is 0 Å². The van der Waals surface area contributed by atoms with Gasteiger partial charge in [0.1, 0.15) is 5.70 Å². The Bertz CT molecular complexity index is 669. The molecule has 0 amide bonds. The number of esters is 3. The van der Waals surface area contributed by atoms with E-state index < -0.39 is 35.2 Å². The average Bonchev–Trinajstić information content (AvgIpc) is 2.55. The summed E-state index contributed by atoms with van der Waals surface area (Å²) in [5.41, 5.74) is -0.991. The summed E-state index contributed by atoms with van der Waals surface area (Å²) >= 11 is 0. The SMILES string of the molecule is COC(=O)/C=C(/Nc1cc(C(=O)OC)cc(F)c1O)C(=O)OC. The molecule has 0 bridgehead atoms. The van der Waals surface area contributed by atoms with Crippen molar-refractivity contribution < 1.29 is 38.1 Å². The molecular weight excluding hydrogens is 313 g/mol. The van der Waals surface area contributed by atoms with Gasteiger partial charge in [-0.2, -0.15) is 0 Å². The third-order valence-corrected chi connectivity index (χ3v) is 2.62. The van der Waals surface area contributed by atoms with Gasteiger partial charge in [-0.3, -0.25) is 0 Å². The minimum absolute atomic E-state index is 0.215. The number of aromatic hydroxyl groups is 1. The molecule has 0 aliphatic rings. The van der Waals surface area contributed by atoms with Crippen LogP contribution in [0.2, 0.25) is 0 Å². The molecular formula is C14H14FNO7. The first kappa shape index (κ1) is 18.0. The molecule has 9 heteroatoms. The topological polar surface area (TPSA) is 111 Å². The van der Waals surface area contributed by atoms with Crippen LogP contribution in [0.4, 0.5) is 10.1 Å². The summed E-state index contributed by atoms with van der Waals surface area (Å²) in [6, 6.07) is 1.80. The van der Waals surface area contributed by atoms with Gasteiger partial charge in [-0.1, -0.05) is 0 Å². The maximum absolute atomic E-state index is 13.7. The van der Waals surface area contributed by atoms with Crippen LogP contribution in [0, 0.1) is 5.82 Å². The monoisotopic (exact) mass is 327 g/mol. The summed E-state index contributed by atoms with van der Waals surface area (Å²) in [5.74, 6) is -4.71. The number of halogens is 1. The van der Waals surface area contributed by atoms with Crippen molar-refractivity contribution in [3.05, 3.63) is 35.3 Å². The first-order valence-corrected chi connectivity index (χ1v) is 6.09. The molecule has 1 aromatic carbocycles. The largest absolute Gasteiger partial charge is 0.503 e. The van der Waals surface area contributed by atoms with E-state index in [0.717, 1.165) is 39.5 Å². The van der Waals surface area contributed by atoms with Crippen molar-refractivity contribution in [3.63, 3.8) is 0 Å². The number of rotatable bonds is 5. The lowest BCUT2D eigenvalue weighted by Gasteiger charge is -2.12. The predicted octanol–water partition coefficient (Wildman–Crippen LogP) is 0.960. The highest BCUT2D eigenvalue weighted by Crippen LogP contribution is 2.29. The van der Waals surface area contributed by atoms with Gasteiger partial charge in [0.25, 0.3) is 0 Å². The number of nitrogens with one attached hydrogen (secondary N) is 1. The lowest BCUT2D eigenvalue weighted by atomic mass is 10.1. The normalized spacial score (nSPS) is 10.7. The summed E-state index contributed by atoms with van der Waals surface area (Å²) in [7, 11) is 3.24. The molecule has 0 saturated carbocycles. The number of methoxy groups -OCH3 is 3. The van der Waals surface area contributed by atoms with E-state index in [0.29, 0.717) is 0 Å². The van der Waals surface area contributed by atoms with Crippen LogP contribution in [0.3, 0.4) is 0 Å². The molecule has 1 rings (SSSR count). The highest BCUT2D eigenvalue weighted by molar-refractivity contribution is 5.99. The van der Waals surface area contributed by atoms with Crippen LogP contribution in [0.1, 0.15) is 10.4 Å². The van der Waals surface area contributed by atoms with Gasteiger partial charge in [0.05, 0.1) is 38.7 Å². The Kier molecular flexibility index (Phi) is 6.07. The summed E-state index contributed by atoms with van der Waals surface area (Å²) in [6.45, 7) is 0. The van der Waals surface area contributed by atoms with Gasteiger partial charge in [0.2, 0.25) is 0 Å². The first-order chi connectivity index (χ1) is 10.8. The van der Waals surface area contributed by atoms with Crippen LogP contribution in [0.5, 0.6) is 5.75 Å². The van der Waals surface area contributed by atoms with Crippen LogP contribution in [-0.2, 0) is 23.8 Å². The molecule has 1 aromatic rings. The second kappa shape index (κ2) is 7.78. The van der Waals surface area contributed by atoms with Gasteiger partial charge in [0, 0.05) is 0 Å². The fraction of sp³-hybridized carbons (Fsp3) is 0.214. The number of hydrogen-bond donors (Lipinski definition) is 2. The Morgan fingerprint density at radius 3 is 2.30 bits per heavy atom. The van der Waals surface area contributed by atoms with Crippen molar-refractivity contribution in [2.24, 2.45) is 0 Å². The van der Waals surface area contributed by atoms with Gasteiger partial charge >= 0.3 is 17.9 Å². The zero-order valence-corrected chi connectivity index (χ0v) is 12.5. The summed E-state index contributed by atoms with van der Waals surface area (Å²) < 4.78 is 26.9. The van der Waals surface area contributed by atoms with E-state index in [2.05, 4.69) is 19.5 Å². The highest BCUT2D eigenvalue weighted by Gasteiger charge is 2.19. The number of phenolic OH excluding ortho intramolecular Hbond substituents is 1. The van der Waals surface area contributed by atoms with E-state index in [4.69, 9.17) is 0 Å². The third-order valence-electron chi connectivity index (χ3n) is 2.62. The Hall–Kier alpha value is -3.10. The van der Waals surface area contributed by atoms with Crippen molar-refractivity contribution in [1.29, 1.82) is 0 Å². The lowest BCUT2D eigenvalue weighted by molar-refractivity contribution is -0.138. The fourth-order valence-corrected chi connectivity index (χ4v) is 1.51. The standard InChI is InChI=1S/C14H14FNO7/c1-21-11(17)6-10(14(20)23-3)16-9-5-7(13(19)22-2)4-8(15)12(9)18/h4-6,16,18H,1-3H3/b10-6+. The van der Waals surface area contributed by atoms with Crippen molar-refractivity contribution in [1.82, 2.24) is 0 Å². The van der Waals surface area contributed by atoms with E-state index in [9.17, 15) is 23.9 Å².